The molecular formula is C20H29ClN4O. The number of fused-ring (bicyclic) bond motifs is 1. The molecule has 0 spiro atoms. The maximum Gasteiger partial charge on any atom is 0.220 e. The first-order valence-electron chi connectivity index (χ1n) is 9.41. The number of nitrogens with one attached hydrogen (secondary N) is 2. The van der Waals surface area contributed by atoms with Gasteiger partial charge in [0, 0.05) is 41.8 Å². The van der Waals surface area contributed by atoms with Gasteiger partial charge in [0.05, 0.1) is 5.52 Å². The van der Waals surface area contributed by atoms with E-state index in [1.165, 1.54) is 0 Å². The van der Waals surface area contributed by atoms with E-state index >= 15 is 0 Å². The summed E-state index contributed by atoms with van der Waals surface area (Å²) in [5, 5.41) is 8.03. The number of benzene rings is 1. The van der Waals surface area contributed by atoms with Crippen molar-refractivity contribution in [3.8, 4) is 0 Å². The van der Waals surface area contributed by atoms with Crippen molar-refractivity contribution < 1.29 is 4.79 Å². The first-order chi connectivity index (χ1) is 12.6. The Kier molecular flexibility index (Phi) is 8.65. The summed E-state index contributed by atoms with van der Waals surface area (Å²) in [7, 11) is 0. The van der Waals surface area contributed by atoms with Crippen LogP contribution in [-0.2, 0) is 4.79 Å². The van der Waals surface area contributed by atoms with Crippen LogP contribution in [0.1, 0.15) is 33.1 Å². The summed E-state index contributed by atoms with van der Waals surface area (Å²) < 4.78 is 0. The van der Waals surface area contributed by atoms with E-state index in [1.807, 2.05) is 24.3 Å². The molecule has 2 aromatic rings. The first-order valence-corrected chi connectivity index (χ1v) is 9.79. The quantitative estimate of drug-likeness (QED) is 0.583. The van der Waals surface area contributed by atoms with E-state index in [9.17, 15) is 4.79 Å². The van der Waals surface area contributed by atoms with E-state index in [1.54, 1.807) is 6.20 Å². The molecule has 0 bridgehead atoms. The number of amides is 1. The second kappa shape index (κ2) is 11.0. The summed E-state index contributed by atoms with van der Waals surface area (Å²) in [6.45, 7) is 8.84. The number of carbonyl (C=O) groups is 1. The number of halogens is 1. The van der Waals surface area contributed by atoms with Crippen molar-refractivity contribution in [3.05, 3.63) is 35.5 Å². The standard InChI is InChI=1S/C20H29ClN4O/c1-3-25(4-2)14-6-5-7-20(26)24-13-12-23-18-10-11-22-19-15-16(21)8-9-17(18)19/h8-11,15H,3-7,12-14H2,1-2H3,(H,22,23)(H,24,26). The Balaban J connectivity index is 1.67. The van der Waals surface area contributed by atoms with Crippen LogP contribution in [0, 0.1) is 0 Å². The van der Waals surface area contributed by atoms with Crippen LogP contribution in [0.3, 0.4) is 0 Å². The van der Waals surface area contributed by atoms with E-state index < -0.39 is 0 Å². The van der Waals surface area contributed by atoms with Gasteiger partial charge in [-0.25, -0.2) is 0 Å². The average molecular weight is 377 g/mol. The maximum absolute atomic E-state index is 11.9. The van der Waals surface area contributed by atoms with Crippen LogP contribution >= 0.6 is 11.6 Å². The third-order valence-electron chi connectivity index (χ3n) is 4.49. The molecule has 1 aromatic heterocycles. The van der Waals surface area contributed by atoms with Gasteiger partial charge in [0.1, 0.15) is 0 Å². The summed E-state index contributed by atoms with van der Waals surface area (Å²) in [5.74, 6) is 0.123. The van der Waals surface area contributed by atoms with Crippen molar-refractivity contribution in [2.45, 2.75) is 33.1 Å². The second-order valence-corrected chi connectivity index (χ2v) is 6.72. The lowest BCUT2D eigenvalue weighted by Gasteiger charge is -2.17. The highest BCUT2D eigenvalue weighted by molar-refractivity contribution is 6.31. The molecule has 1 aromatic carbocycles. The Morgan fingerprint density at radius 3 is 2.73 bits per heavy atom. The predicted octanol–water partition coefficient (Wildman–Crippen LogP) is 3.93. The van der Waals surface area contributed by atoms with Crippen molar-refractivity contribution in [3.63, 3.8) is 0 Å². The lowest BCUT2D eigenvalue weighted by Crippen LogP contribution is -2.29. The van der Waals surface area contributed by atoms with Crippen molar-refractivity contribution in [1.82, 2.24) is 15.2 Å². The molecule has 26 heavy (non-hydrogen) atoms. The number of hydrogen-bond acceptors (Lipinski definition) is 4. The van der Waals surface area contributed by atoms with Gasteiger partial charge in [0.25, 0.3) is 0 Å². The Bertz CT molecular complexity index is 703. The van der Waals surface area contributed by atoms with Gasteiger partial charge < -0.3 is 15.5 Å². The number of hydrogen-bond donors (Lipinski definition) is 2. The van der Waals surface area contributed by atoms with Crippen LogP contribution in [0.2, 0.25) is 5.02 Å². The molecule has 2 rings (SSSR count). The van der Waals surface area contributed by atoms with Gasteiger partial charge in [-0.2, -0.15) is 0 Å². The summed E-state index contributed by atoms with van der Waals surface area (Å²) in [4.78, 5) is 18.6. The fraction of sp³-hybridized carbons (Fsp3) is 0.500. The number of nitrogens with zero attached hydrogens (tertiary/aromatic N) is 2. The van der Waals surface area contributed by atoms with Gasteiger partial charge in [-0.1, -0.05) is 25.4 Å². The minimum absolute atomic E-state index is 0.123. The zero-order chi connectivity index (χ0) is 18.8. The number of anilines is 1. The molecule has 2 N–H and O–H groups in total. The van der Waals surface area contributed by atoms with Gasteiger partial charge in [-0.05, 0) is 56.7 Å². The number of pyridine rings is 1. The summed E-state index contributed by atoms with van der Waals surface area (Å²) in [5.41, 5.74) is 1.86. The Hall–Kier alpha value is -1.85. The number of rotatable bonds is 11. The zero-order valence-electron chi connectivity index (χ0n) is 15.7. The minimum Gasteiger partial charge on any atom is -0.383 e. The molecule has 0 fully saturated rings. The smallest absolute Gasteiger partial charge is 0.220 e. The Morgan fingerprint density at radius 2 is 1.96 bits per heavy atom. The largest absolute Gasteiger partial charge is 0.383 e. The molecule has 0 atom stereocenters. The van der Waals surface area contributed by atoms with E-state index in [4.69, 9.17) is 11.6 Å². The zero-order valence-corrected chi connectivity index (χ0v) is 16.5. The van der Waals surface area contributed by atoms with E-state index in [0.29, 0.717) is 24.5 Å². The third kappa shape index (κ3) is 6.46. The molecule has 1 heterocycles. The van der Waals surface area contributed by atoms with Crippen LogP contribution in [0.25, 0.3) is 10.9 Å². The van der Waals surface area contributed by atoms with Crippen molar-refractivity contribution >= 4 is 34.1 Å². The monoisotopic (exact) mass is 376 g/mol. The molecule has 0 saturated heterocycles. The van der Waals surface area contributed by atoms with Crippen molar-refractivity contribution in [2.75, 3.05) is 38.0 Å². The summed E-state index contributed by atoms with van der Waals surface area (Å²) >= 11 is 6.01. The van der Waals surface area contributed by atoms with Gasteiger partial charge >= 0.3 is 0 Å². The summed E-state index contributed by atoms with van der Waals surface area (Å²) in [6, 6.07) is 7.60. The van der Waals surface area contributed by atoms with Gasteiger partial charge in [0.15, 0.2) is 0 Å². The fourth-order valence-electron chi connectivity index (χ4n) is 2.92. The van der Waals surface area contributed by atoms with Crippen molar-refractivity contribution in [2.24, 2.45) is 0 Å². The van der Waals surface area contributed by atoms with Crippen LogP contribution in [-0.4, -0.2) is 48.5 Å². The maximum atomic E-state index is 11.9. The molecule has 142 valence electrons. The Morgan fingerprint density at radius 1 is 1.15 bits per heavy atom. The van der Waals surface area contributed by atoms with Gasteiger partial charge in [-0.15, -0.1) is 0 Å². The first kappa shape index (κ1) is 20.5. The van der Waals surface area contributed by atoms with Crippen LogP contribution < -0.4 is 10.6 Å². The average Bonchev–Trinajstić information content (AvgIpc) is 2.65. The van der Waals surface area contributed by atoms with Crippen LogP contribution in [0.5, 0.6) is 0 Å². The normalized spacial score (nSPS) is 11.1. The number of aromatic nitrogens is 1. The lowest BCUT2D eigenvalue weighted by molar-refractivity contribution is -0.121. The predicted molar refractivity (Wildman–Crippen MR) is 110 cm³/mol. The summed E-state index contributed by atoms with van der Waals surface area (Å²) in [6.07, 6.45) is 4.36. The van der Waals surface area contributed by atoms with E-state index in [0.717, 1.165) is 49.1 Å². The molecule has 0 unspecified atom stereocenters. The molecule has 1 amide bonds. The molecule has 6 heteroatoms. The molecule has 0 aliphatic rings. The highest BCUT2D eigenvalue weighted by Crippen LogP contribution is 2.23. The Labute approximate surface area is 161 Å². The van der Waals surface area contributed by atoms with E-state index in [-0.39, 0.29) is 5.91 Å². The number of carbonyl (C=O) groups excluding carboxylic acids is 1. The topological polar surface area (TPSA) is 57.3 Å². The molecule has 0 radical (unpaired) electrons. The highest BCUT2D eigenvalue weighted by Gasteiger charge is 2.04. The third-order valence-corrected chi connectivity index (χ3v) is 4.73. The van der Waals surface area contributed by atoms with Crippen LogP contribution in [0.4, 0.5) is 5.69 Å². The molecule has 0 aliphatic carbocycles. The van der Waals surface area contributed by atoms with E-state index in [2.05, 4.69) is 34.4 Å². The fourth-order valence-corrected chi connectivity index (χ4v) is 3.09. The minimum atomic E-state index is 0.123. The molecule has 5 nitrogen and oxygen atoms in total. The van der Waals surface area contributed by atoms with Crippen LogP contribution in [0.15, 0.2) is 30.5 Å². The van der Waals surface area contributed by atoms with Gasteiger partial charge in [-0.3, -0.25) is 9.78 Å². The number of unbranched alkanes of at least 4 members (excludes halogenated alkanes) is 1. The lowest BCUT2D eigenvalue weighted by atomic mass is 10.2. The van der Waals surface area contributed by atoms with Gasteiger partial charge in [0.2, 0.25) is 5.91 Å². The second-order valence-electron chi connectivity index (χ2n) is 6.28. The molecular weight excluding hydrogens is 348 g/mol. The SMILES string of the molecule is CCN(CC)CCCCC(=O)NCCNc1ccnc2cc(Cl)ccc12. The molecule has 0 aliphatic heterocycles. The molecule has 0 saturated carbocycles. The van der Waals surface area contributed by atoms with Crippen molar-refractivity contribution in [1.29, 1.82) is 0 Å². The highest BCUT2D eigenvalue weighted by atomic mass is 35.5.